The number of imidazole rings is 1. The number of halogens is 2. The molecule has 0 radical (unpaired) electrons. The average Bonchev–Trinajstić information content (AvgIpc) is 2.73. The summed E-state index contributed by atoms with van der Waals surface area (Å²) in [5, 5.41) is 0.758. The Kier molecular flexibility index (Phi) is 3.71. The third-order valence-corrected chi connectivity index (χ3v) is 4.56. The number of hydrogen-bond donors (Lipinski definition) is 1. The molecule has 1 unspecified atom stereocenters. The molecule has 0 spiro atoms. The molecule has 20 heavy (non-hydrogen) atoms. The van der Waals surface area contributed by atoms with Gasteiger partial charge in [0, 0.05) is 9.50 Å². The summed E-state index contributed by atoms with van der Waals surface area (Å²) in [5.74, 6) is 0. The first-order valence-corrected chi connectivity index (χ1v) is 7.80. The fourth-order valence-electron chi connectivity index (χ4n) is 2.44. The van der Waals surface area contributed by atoms with Crippen molar-refractivity contribution in [2.24, 2.45) is 0 Å². The van der Waals surface area contributed by atoms with Gasteiger partial charge >= 0.3 is 0 Å². The van der Waals surface area contributed by atoms with Crippen LogP contribution >= 0.6 is 39.7 Å². The molecule has 2 aromatic carbocycles. The van der Waals surface area contributed by atoms with Gasteiger partial charge in [0.05, 0.1) is 17.1 Å². The van der Waals surface area contributed by atoms with Crippen molar-refractivity contribution in [2.75, 3.05) is 0 Å². The minimum atomic E-state index is 0.0751. The highest BCUT2D eigenvalue weighted by Gasteiger charge is 2.15. The second kappa shape index (κ2) is 5.35. The summed E-state index contributed by atoms with van der Waals surface area (Å²) in [7, 11) is 0. The van der Waals surface area contributed by atoms with E-state index in [1.54, 1.807) is 0 Å². The Morgan fingerprint density at radius 2 is 2.00 bits per heavy atom. The molecule has 0 saturated carbocycles. The molecule has 0 bridgehead atoms. The monoisotopic (exact) mass is 366 g/mol. The fraction of sp³-hybridized carbons (Fsp3) is 0.133. The van der Waals surface area contributed by atoms with E-state index in [1.165, 1.54) is 0 Å². The summed E-state index contributed by atoms with van der Waals surface area (Å²) in [6, 6.07) is 14.0. The van der Waals surface area contributed by atoms with Crippen molar-refractivity contribution in [3.05, 3.63) is 62.3 Å². The molecular weight excluding hydrogens is 356 g/mol. The maximum atomic E-state index is 6.30. The molecule has 0 saturated heterocycles. The van der Waals surface area contributed by atoms with E-state index in [0.717, 1.165) is 26.1 Å². The smallest absolute Gasteiger partial charge is 0.178 e. The zero-order valence-corrected chi connectivity index (χ0v) is 13.9. The van der Waals surface area contributed by atoms with Crippen molar-refractivity contribution in [3.8, 4) is 0 Å². The van der Waals surface area contributed by atoms with Crippen molar-refractivity contribution in [1.82, 2.24) is 9.55 Å². The van der Waals surface area contributed by atoms with E-state index < -0.39 is 0 Å². The van der Waals surface area contributed by atoms with Crippen LogP contribution in [0.2, 0.25) is 5.02 Å². The maximum Gasteiger partial charge on any atom is 0.178 e. The lowest BCUT2D eigenvalue weighted by Gasteiger charge is -2.16. The highest BCUT2D eigenvalue weighted by molar-refractivity contribution is 9.10. The van der Waals surface area contributed by atoms with E-state index >= 15 is 0 Å². The Labute approximate surface area is 135 Å². The summed E-state index contributed by atoms with van der Waals surface area (Å²) < 4.78 is 3.82. The van der Waals surface area contributed by atoms with E-state index in [-0.39, 0.29) is 6.04 Å². The lowest BCUT2D eigenvalue weighted by atomic mass is 10.1. The van der Waals surface area contributed by atoms with Gasteiger partial charge in [0.1, 0.15) is 0 Å². The van der Waals surface area contributed by atoms with Crippen LogP contribution in [0.15, 0.2) is 46.9 Å². The number of aromatic nitrogens is 2. The Morgan fingerprint density at radius 3 is 2.75 bits per heavy atom. The van der Waals surface area contributed by atoms with Gasteiger partial charge in [-0.05, 0) is 49.0 Å². The third kappa shape index (κ3) is 2.32. The van der Waals surface area contributed by atoms with Gasteiger partial charge in [-0.15, -0.1) is 0 Å². The first kappa shape index (κ1) is 13.9. The van der Waals surface area contributed by atoms with Crippen LogP contribution in [0.3, 0.4) is 0 Å². The highest BCUT2D eigenvalue weighted by Crippen LogP contribution is 2.29. The molecule has 0 amide bonds. The molecule has 0 aliphatic rings. The van der Waals surface area contributed by atoms with Gasteiger partial charge in [-0.25, -0.2) is 0 Å². The summed E-state index contributed by atoms with van der Waals surface area (Å²) in [6.07, 6.45) is 0. The van der Waals surface area contributed by atoms with Gasteiger partial charge < -0.3 is 9.55 Å². The van der Waals surface area contributed by atoms with Crippen LogP contribution in [0.4, 0.5) is 0 Å². The van der Waals surface area contributed by atoms with Gasteiger partial charge in [0.25, 0.3) is 0 Å². The number of H-pyrrole nitrogens is 1. The van der Waals surface area contributed by atoms with Crippen LogP contribution in [0.25, 0.3) is 11.0 Å². The summed E-state index contributed by atoms with van der Waals surface area (Å²) in [4.78, 5) is 3.24. The Hall–Kier alpha value is -1.10. The van der Waals surface area contributed by atoms with Crippen LogP contribution in [0.1, 0.15) is 18.5 Å². The number of benzene rings is 2. The van der Waals surface area contributed by atoms with E-state index in [1.807, 2.05) is 36.4 Å². The van der Waals surface area contributed by atoms with Crippen molar-refractivity contribution >= 4 is 50.8 Å². The quantitative estimate of drug-likeness (QED) is 0.574. The molecule has 1 atom stereocenters. The molecule has 1 aromatic heterocycles. The molecular formula is C15H12BrClN2S. The van der Waals surface area contributed by atoms with Crippen LogP contribution < -0.4 is 0 Å². The number of nitrogens with zero attached hydrogens (tertiary/aromatic N) is 1. The van der Waals surface area contributed by atoms with Gasteiger partial charge in [0.2, 0.25) is 0 Å². The van der Waals surface area contributed by atoms with Gasteiger partial charge in [0.15, 0.2) is 4.77 Å². The van der Waals surface area contributed by atoms with Crippen LogP contribution in [-0.2, 0) is 0 Å². The van der Waals surface area contributed by atoms with Crippen LogP contribution in [0.5, 0.6) is 0 Å². The number of aromatic amines is 1. The standard InChI is InChI=1S/C15H12BrClN2S/c1-9(11-4-2-3-5-12(11)17)19-14-7-6-10(16)8-13(14)18-15(19)20/h2-9H,1H3,(H,18,20). The molecule has 1 heterocycles. The molecule has 1 N–H and O–H groups in total. The van der Waals surface area contributed by atoms with Gasteiger partial charge in [-0.3, -0.25) is 0 Å². The number of hydrogen-bond acceptors (Lipinski definition) is 1. The predicted octanol–water partition coefficient (Wildman–Crippen LogP) is 5.72. The number of nitrogens with one attached hydrogen (secondary N) is 1. The first-order chi connectivity index (χ1) is 9.58. The second-order valence-electron chi connectivity index (χ2n) is 4.66. The predicted molar refractivity (Wildman–Crippen MR) is 90.1 cm³/mol. The molecule has 0 fully saturated rings. The average molecular weight is 368 g/mol. The lowest BCUT2D eigenvalue weighted by molar-refractivity contribution is 0.649. The molecule has 5 heteroatoms. The molecule has 0 aliphatic carbocycles. The highest BCUT2D eigenvalue weighted by atomic mass is 79.9. The van der Waals surface area contributed by atoms with Crippen LogP contribution in [0, 0.1) is 4.77 Å². The number of fused-ring (bicyclic) bond motifs is 1. The molecule has 0 aliphatic heterocycles. The summed E-state index contributed by atoms with van der Waals surface area (Å²) >= 11 is 15.2. The van der Waals surface area contributed by atoms with E-state index in [4.69, 9.17) is 23.8 Å². The molecule has 2 nitrogen and oxygen atoms in total. The van der Waals surface area contributed by atoms with E-state index in [2.05, 4.69) is 38.5 Å². The molecule has 3 aromatic rings. The topological polar surface area (TPSA) is 20.7 Å². The largest absolute Gasteiger partial charge is 0.331 e. The van der Waals surface area contributed by atoms with Crippen molar-refractivity contribution in [2.45, 2.75) is 13.0 Å². The fourth-order valence-corrected chi connectivity index (χ4v) is 3.46. The van der Waals surface area contributed by atoms with E-state index in [0.29, 0.717) is 4.77 Å². The lowest BCUT2D eigenvalue weighted by Crippen LogP contribution is -2.07. The Balaban J connectivity index is 2.22. The normalized spacial score (nSPS) is 12.8. The SMILES string of the molecule is CC(c1ccccc1Cl)n1c(=S)[nH]c2cc(Br)ccc21. The van der Waals surface area contributed by atoms with Crippen molar-refractivity contribution < 1.29 is 0 Å². The Bertz CT molecular complexity index is 837. The van der Waals surface area contributed by atoms with Crippen LogP contribution in [-0.4, -0.2) is 9.55 Å². The second-order valence-corrected chi connectivity index (χ2v) is 6.37. The molecule has 3 rings (SSSR count). The zero-order valence-electron chi connectivity index (χ0n) is 10.7. The first-order valence-electron chi connectivity index (χ1n) is 6.22. The minimum absolute atomic E-state index is 0.0751. The maximum absolute atomic E-state index is 6.30. The summed E-state index contributed by atoms with van der Waals surface area (Å²) in [5.41, 5.74) is 3.16. The van der Waals surface area contributed by atoms with Gasteiger partial charge in [-0.2, -0.15) is 0 Å². The van der Waals surface area contributed by atoms with Crippen molar-refractivity contribution in [3.63, 3.8) is 0 Å². The van der Waals surface area contributed by atoms with Crippen molar-refractivity contribution in [1.29, 1.82) is 0 Å². The van der Waals surface area contributed by atoms with E-state index in [9.17, 15) is 0 Å². The zero-order chi connectivity index (χ0) is 14.3. The van der Waals surface area contributed by atoms with Gasteiger partial charge in [-0.1, -0.05) is 45.7 Å². The Morgan fingerprint density at radius 1 is 1.25 bits per heavy atom. The summed E-state index contributed by atoms with van der Waals surface area (Å²) in [6.45, 7) is 2.10. The third-order valence-electron chi connectivity index (χ3n) is 3.42. The molecule has 102 valence electrons. The number of rotatable bonds is 2. The minimum Gasteiger partial charge on any atom is -0.331 e.